The first kappa shape index (κ1) is 29.2. The van der Waals surface area contributed by atoms with E-state index in [4.69, 9.17) is 18.2 Å². The van der Waals surface area contributed by atoms with E-state index < -0.39 is 0 Å². The van der Waals surface area contributed by atoms with Crippen LogP contribution >= 0.6 is 0 Å². The third-order valence-electron chi connectivity index (χ3n) is 10.9. The maximum absolute atomic E-state index is 6.63. The molecule has 0 radical (unpaired) electrons. The molecule has 0 fully saturated rings. The van der Waals surface area contributed by atoms with Crippen LogP contribution in [0.4, 0.5) is 17.1 Å². The molecule has 0 saturated carbocycles. The van der Waals surface area contributed by atoms with Crippen LogP contribution in [0, 0.1) is 0 Å². The van der Waals surface area contributed by atoms with Crippen molar-refractivity contribution in [1.82, 2.24) is 4.98 Å². The van der Waals surface area contributed by atoms with E-state index in [1.165, 1.54) is 0 Å². The largest absolute Gasteiger partial charge is 0.456 e. The second kappa shape index (κ2) is 11.1. The first-order valence-electron chi connectivity index (χ1n) is 18.1. The van der Waals surface area contributed by atoms with E-state index in [0.29, 0.717) is 5.89 Å². The van der Waals surface area contributed by atoms with E-state index in [2.05, 4.69) is 120 Å². The minimum Gasteiger partial charge on any atom is -0.456 e. The minimum absolute atomic E-state index is 0.615. The summed E-state index contributed by atoms with van der Waals surface area (Å²) in [6.07, 6.45) is 0. The predicted octanol–water partition coefficient (Wildman–Crippen LogP) is 14.2. The van der Waals surface area contributed by atoms with Crippen LogP contribution in [0.5, 0.6) is 0 Å². The molecule has 0 aliphatic carbocycles. The van der Waals surface area contributed by atoms with Crippen molar-refractivity contribution < 1.29 is 13.3 Å². The number of anilines is 3. The molecule has 0 aliphatic rings. The monoisotopic (exact) mass is 692 g/mol. The second-order valence-corrected chi connectivity index (χ2v) is 13.9. The molecule has 54 heavy (non-hydrogen) atoms. The van der Waals surface area contributed by atoms with Crippen molar-refractivity contribution in [3.8, 4) is 11.5 Å². The SMILES string of the molecule is c1ccc(-c2nc3ccc4ccc5ccc6c(N(c7ccc8c(c7)oc7ccccc78)c7ccc8c(c7)oc7ccccc78)cccc6c5c4c3o2)cc1. The molecule has 5 nitrogen and oxygen atoms in total. The van der Waals surface area contributed by atoms with Gasteiger partial charge in [0.15, 0.2) is 5.58 Å². The van der Waals surface area contributed by atoms with Crippen LogP contribution in [0.2, 0.25) is 0 Å². The summed E-state index contributed by atoms with van der Waals surface area (Å²) >= 11 is 0. The van der Waals surface area contributed by atoms with Crippen molar-refractivity contribution in [2.45, 2.75) is 0 Å². The van der Waals surface area contributed by atoms with Crippen molar-refractivity contribution in [3.63, 3.8) is 0 Å². The summed E-state index contributed by atoms with van der Waals surface area (Å²) < 4.78 is 19.5. The molecular formula is C49H28N2O3. The third-order valence-corrected chi connectivity index (χ3v) is 10.9. The molecule has 0 amide bonds. The number of rotatable bonds is 4. The molecule has 252 valence electrons. The normalized spacial score (nSPS) is 12.1. The quantitative estimate of drug-likeness (QED) is 0.172. The average molecular weight is 693 g/mol. The maximum atomic E-state index is 6.63. The lowest BCUT2D eigenvalue weighted by molar-refractivity contribution is 0.623. The van der Waals surface area contributed by atoms with Gasteiger partial charge in [-0.15, -0.1) is 0 Å². The van der Waals surface area contributed by atoms with Gasteiger partial charge in [0.1, 0.15) is 27.8 Å². The van der Waals surface area contributed by atoms with E-state index in [0.717, 1.165) is 110 Å². The standard InChI is InChI=1S/C49H28N2O3/c1-2-9-31(10-3-1)49-50-40-26-20-30-18-17-29-19-23-34-39(46(29)47(30)48(40)54-49)13-8-14-41(34)51(32-21-24-37-35-11-4-6-15-42(35)52-44(37)27-32)33-22-25-38-36-12-5-7-16-43(36)53-45(38)28-33/h1-28H. The zero-order chi connectivity index (χ0) is 35.3. The van der Waals surface area contributed by atoms with Crippen molar-refractivity contribution in [1.29, 1.82) is 0 Å². The fourth-order valence-corrected chi connectivity index (χ4v) is 8.39. The Morgan fingerprint density at radius 2 is 0.944 bits per heavy atom. The first-order valence-corrected chi connectivity index (χ1v) is 18.1. The summed E-state index contributed by atoms with van der Waals surface area (Å²) in [6.45, 7) is 0. The molecule has 0 aliphatic heterocycles. The number of benzene rings is 9. The summed E-state index contributed by atoms with van der Waals surface area (Å²) in [6, 6.07) is 59.1. The molecule has 12 rings (SSSR count). The predicted molar refractivity (Wildman–Crippen MR) is 221 cm³/mol. The van der Waals surface area contributed by atoms with Gasteiger partial charge in [0.05, 0.1) is 5.69 Å². The summed E-state index contributed by atoms with van der Waals surface area (Å²) in [7, 11) is 0. The van der Waals surface area contributed by atoms with Crippen LogP contribution in [-0.4, -0.2) is 4.98 Å². The van der Waals surface area contributed by atoms with Crippen molar-refractivity contribution in [3.05, 3.63) is 170 Å². The Labute approximate surface area is 307 Å². The van der Waals surface area contributed by atoms with Gasteiger partial charge in [-0.1, -0.05) is 97.1 Å². The Morgan fingerprint density at radius 3 is 1.65 bits per heavy atom. The smallest absolute Gasteiger partial charge is 0.227 e. The molecule has 0 spiro atoms. The van der Waals surface area contributed by atoms with E-state index >= 15 is 0 Å². The highest BCUT2D eigenvalue weighted by Gasteiger charge is 2.21. The van der Waals surface area contributed by atoms with Gasteiger partial charge in [-0.25, -0.2) is 4.98 Å². The summed E-state index contributed by atoms with van der Waals surface area (Å²) in [5.41, 5.74) is 8.98. The lowest BCUT2D eigenvalue weighted by Crippen LogP contribution is -2.10. The molecule has 3 heterocycles. The molecule has 0 atom stereocenters. The highest BCUT2D eigenvalue weighted by Crippen LogP contribution is 2.45. The topological polar surface area (TPSA) is 55.6 Å². The van der Waals surface area contributed by atoms with Crippen LogP contribution in [0.1, 0.15) is 0 Å². The molecule has 12 aromatic rings. The van der Waals surface area contributed by atoms with E-state index in [-0.39, 0.29) is 0 Å². The molecule has 9 aromatic carbocycles. The Bertz CT molecular complexity index is 3350. The zero-order valence-electron chi connectivity index (χ0n) is 28.8. The van der Waals surface area contributed by atoms with Gasteiger partial charge in [0.2, 0.25) is 5.89 Å². The van der Waals surface area contributed by atoms with Crippen molar-refractivity contribution >= 4 is 104 Å². The number of oxazole rings is 1. The van der Waals surface area contributed by atoms with Crippen molar-refractivity contribution in [2.24, 2.45) is 0 Å². The molecule has 0 saturated heterocycles. The second-order valence-electron chi connectivity index (χ2n) is 13.9. The number of hydrogen-bond acceptors (Lipinski definition) is 5. The van der Waals surface area contributed by atoms with Gasteiger partial charge >= 0.3 is 0 Å². The summed E-state index contributed by atoms with van der Waals surface area (Å²) in [5, 5.41) is 11.0. The lowest BCUT2D eigenvalue weighted by atomic mass is 9.94. The summed E-state index contributed by atoms with van der Waals surface area (Å²) in [4.78, 5) is 7.25. The van der Waals surface area contributed by atoms with Crippen molar-refractivity contribution in [2.75, 3.05) is 4.90 Å². The molecule has 0 bridgehead atoms. The first-order chi connectivity index (χ1) is 26.7. The number of furan rings is 2. The van der Waals surface area contributed by atoms with E-state index in [1.807, 2.05) is 54.6 Å². The molecule has 3 aromatic heterocycles. The third kappa shape index (κ3) is 4.24. The fraction of sp³-hybridized carbons (Fsp3) is 0. The number of nitrogens with zero attached hydrogens (tertiary/aromatic N) is 2. The highest BCUT2D eigenvalue weighted by molar-refractivity contribution is 6.27. The van der Waals surface area contributed by atoms with Gasteiger partial charge in [-0.05, 0) is 76.8 Å². The van der Waals surface area contributed by atoms with Crippen LogP contribution < -0.4 is 4.90 Å². The average Bonchev–Trinajstić information content (AvgIpc) is 3.94. The number of fused-ring (bicyclic) bond motifs is 13. The maximum Gasteiger partial charge on any atom is 0.227 e. The van der Waals surface area contributed by atoms with E-state index in [1.54, 1.807) is 0 Å². The van der Waals surface area contributed by atoms with Gasteiger partial charge in [0.25, 0.3) is 0 Å². The number of aromatic nitrogens is 1. The van der Waals surface area contributed by atoms with Gasteiger partial charge < -0.3 is 18.2 Å². The molecular weight excluding hydrogens is 665 g/mol. The fourth-order valence-electron chi connectivity index (χ4n) is 8.39. The Balaban J connectivity index is 1.14. The zero-order valence-corrected chi connectivity index (χ0v) is 28.8. The lowest BCUT2D eigenvalue weighted by Gasteiger charge is -2.27. The Kier molecular flexibility index (Phi) is 5.99. The van der Waals surface area contributed by atoms with Crippen LogP contribution in [-0.2, 0) is 0 Å². The molecule has 0 unspecified atom stereocenters. The highest BCUT2D eigenvalue weighted by atomic mass is 16.3. The van der Waals surface area contributed by atoms with Crippen LogP contribution in [0.3, 0.4) is 0 Å². The summed E-state index contributed by atoms with van der Waals surface area (Å²) in [5.74, 6) is 0.615. The number of hydrogen-bond donors (Lipinski definition) is 0. The molecule has 0 N–H and O–H groups in total. The van der Waals surface area contributed by atoms with Crippen LogP contribution in [0.25, 0.3) is 98.7 Å². The van der Waals surface area contributed by atoms with Gasteiger partial charge in [-0.2, -0.15) is 0 Å². The van der Waals surface area contributed by atoms with Gasteiger partial charge in [-0.3, -0.25) is 0 Å². The van der Waals surface area contributed by atoms with Crippen LogP contribution in [0.15, 0.2) is 183 Å². The number of para-hydroxylation sites is 2. The Morgan fingerprint density at radius 1 is 0.389 bits per heavy atom. The molecule has 5 heteroatoms. The minimum atomic E-state index is 0.615. The van der Waals surface area contributed by atoms with Gasteiger partial charge in [0, 0.05) is 66.8 Å². The Hall–Kier alpha value is -7.37. The van der Waals surface area contributed by atoms with E-state index in [9.17, 15) is 0 Å².